The molecule has 1 heterocycles. The number of aryl methyl sites for hydroxylation is 1. The Kier molecular flexibility index (Phi) is 3.95. The molecule has 0 spiro atoms. The van der Waals surface area contributed by atoms with E-state index in [1.807, 2.05) is 0 Å². The van der Waals surface area contributed by atoms with E-state index in [1.165, 1.54) is 42.5 Å². The maximum Gasteiger partial charge on any atom is 0.335 e. The van der Waals surface area contributed by atoms with Crippen molar-refractivity contribution in [3.05, 3.63) is 71.2 Å². The number of aromatic nitrogens is 1. The molecule has 1 aromatic heterocycles. The summed E-state index contributed by atoms with van der Waals surface area (Å²) in [5, 5.41) is 12.0. The molecule has 0 aliphatic carbocycles. The van der Waals surface area contributed by atoms with Crippen molar-refractivity contribution in [2.75, 3.05) is 5.32 Å². The third-order valence-electron chi connectivity index (χ3n) is 3.53. The van der Waals surface area contributed by atoms with E-state index < -0.39 is 17.7 Å². The topological polar surface area (TPSA) is 79.3 Å². The van der Waals surface area contributed by atoms with E-state index >= 15 is 0 Å². The van der Waals surface area contributed by atoms with E-state index in [2.05, 4.69) is 10.3 Å². The number of carboxylic acid groups (broad SMARTS) is 1. The molecule has 5 nitrogen and oxygen atoms in total. The molecule has 0 aliphatic heterocycles. The highest BCUT2D eigenvalue weighted by Gasteiger charge is 2.13. The molecule has 6 heteroatoms. The summed E-state index contributed by atoms with van der Waals surface area (Å²) >= 11 is 0. The number of pyridine rings is 1. The summed E-state index contributed by atoms with van der Waals surface area (Å²) in [6.07, 6.45) is 0. The minimum atomic E-state index is -1.04. The minimum Gasteiger partial charge on any atom is -0.478 e. The van der Waals surface area contributed by atoms with E-state index in [0.29, 0.717) is 27.8 Å². The van der Waals surface area contributed by atoms with Gasteiger partial charge < -0.3 is 10.4 Å². The molecule has 0 radical (unpaired) electrons. The zero-order valence-electron chi connectivity index (χ0n) is 12.7. The van der Waals surface area contributed by atoms with Crippen molar-refractivity contribution >= 4 is 28.5 Å². The molecule has 1 amide bonds. The monoisotopic (exact) mass is 324 g/mol. The van der Waals surface area contributed by atoms with Crippen LogP contribution in [0.25, 0.3) is 10.9 Å². The van der Waals surface area contributed by atoms with Gasteiger partial charge >= 0.3 is 5.97 Å². The first-order valence-electron chi connectivity index (χ1n) is 7.15. The van der Waals surface area contributed by atoms with Gasteiger partial charge in [-0.05, 0) is 55.5 Å². The van der Waals surface area contributed by atoms with Gasteiger partial charge in [-0.3, -0.25) is 9.78 Å². The fourth-order valence-electron chi connectivity index (χ4n) is 2.41. The summed E-state index contributed by atoms with van der Waals surface area (Å²) in [6, 6.07) is 11.5. The quantitative estimate of drug-likeness (QED) is 0.771. The van der Waals surface area contributed by atoms with Crippen molar-refractivity contribution in [3.8, 4) is 0 Å². The number of amides is 1. The lowest BCUT2D eigenvalue weighted by molar-refractivity contribution is 0.0696. The van der Waals surface area contributed by atoms with E-state index in [9.17, 15) is 14.0 Å². The number of fused-ring (bicyclic) bond motifs is 1. The molecule has 24 heavy (non-hydrogen) atoms. The van der Waals surface area contributed by atoms with Crippen molar-refractivity contribution in [2.45, 2.75) is 6.92 Å². The van der Waals surface area contributed by atoms with Gasteiger partial charge in [-0.15, -0.1) is 0 Å². The molecule has 2 N–H and O–H groups in total. The normalized spacial score (nSPS) is 10.6. The number of nitrogens with zero attached hydrogens (tertiary/aromatic N) is 1. The third kappa shape index (κ3) is 3.08. The van der Waals surface area contributed by atoms with Crippen LogP contribution in [0, 0.1) is 12.7 Å². The molecule has 0 fully saturated rings. The van der Waals surface area contributed by atoms with Gasteiger partial charge in [-0.1, -0.05) is 0 Å². The van der Waals surface area contributed by atoms with Crippen LogP contribution in [0.1, 0.15) is 26.4 Å². The highest BCUT2D eigenvalue weighted by Crippen LogP contribution is 2.21. The predicted molar refractivity (Wildman–Crippen MR) is 87.8 cm³/mol. The van der Waals surface area contributed by atoms with Crippen molar-refractivity contribution in [1.82, 2.24) is 4.98 Å². The maximum absolute atomic E-state index is 13.5. The molecule has 0 bridgehead atoms. The Labute approximate surface area is 136 Å². The number of hydrogen-bond donors (Lipinski definition) is 2. The Hall–Kier alpha value is -3.28. The fourth-order valence-corrected chi connectivity index (χ4v) is 2.41. The number of nitrogens with one attached hydrogen (secondary N) is 1. The SMILES string of the molecule is Cc1cc(C(=O)Nc2ccc(C(=O)O)cc2)c2cc(F)ccc2n1. The highest BCUT2D eigenvalue weighted by atomic mass is 19.1. The van der Waals surface area contributed by atoms with Crippen LogP contribution in [0.15, 0.2) is 48.5 Å². The number of carboxylic acids is 1. The molecule has 0 aliphatic rings. The Morgan fingerprint density at radius 1 is 1.08 bits per heavy atom. The lowest BCUT2D eigenvalue weighted by Crippen LogP contribution is -2.13. The van der Waals surface area contributed by atoms with Gasteiger partial charge in [0, 0.05) is 16.8 Å². The summed E-state index contributed by atoms with van der Waals surface area (Å²) < 4.78 is 13.5. The molecule has 3 aromatic rings. The molecule has 2 aromatic carbocycles. The standard InChI is InChI=1S/C18H13FN2O3/c1-10-8-15(14-9-12(19)4-7-16(14)20-10)17(22)21-13-5-2-11(3-6-13)18(23)24/h2-9H,1H3,(H,21,22)(H,23,24). The van der Waals surface area contributed by atoms with Gasteiger partial charge in [-0.2, -0.15) is 0 Å². The maximum atomic E-state index is 13.5. The van der Waals surface area contributed by atoms with Gasteiger partial charge in [0.2, 0.25) is 0 Å². The van der Waals surface area contributed by atoms with Crippen molar-refractivity contribution in [3.63, 3.8) is 0 Å². The minimum absolute atomic E-state index is 0.125. The van der Waals surface area contributed by atoms with E-state index in [1.54, 1.807) is 13.0 Å². The van der Waals surface area contributed by atoms with Gasteiger partial charge in [-0.25, -0.2) is 9.18 Å². The average molecular weight is 324 g/mol. The predicted octanol–water partition coefficient (Wildman–Crippen LogP) is 3.63. The number of rotatable bonds is 3. The van der Waals surface area contributed by atoms with E-state index in [0.717, 1.165) is 0 Å². The largest absolute Gasteiger partial charge is 0.478 e. The third-order valence-corrected chi connectivity index (χ3v) is 3.53. The number of anilines is 1. The second-order valence-corrected chi connectivity index (χ2v) is 5.31. The lowest BCUT2D eigenvalue weighted by atomic mass is 10.1. The summed E-state index contributed by atoms with van der Waals surface area (Å²) in [6.45, 7) is 1.75. The second kappa shape index (κ2) is 6.08. The first kappa shape index (κ1) is 15.6. The Balaban J connectivity index is 1.96. The molecular formula is C18H13FN2O3. The molecular weight excluding hydrogens is 311 g/mol. The number of benzene rings is 2. The summed E-state index contributed by atoms with van der Waals surface area (Å²) in [5.41, 5.74) is 2.05. The van der Waals surface area contributed by atoms with Crippen LogP contribution in [0.4, 0.5) is 10.1 Å². The average Bonchev–Trinajstić information content (AvgIpc) is 2.55. The van der Waals surface area contributed by atoms with E-state index in [-0.39, 0.29) is 5.56 Å². The number of carbonyl (C=O) groups is 2. The molecule has 120 valence electrons. The second-order valence-electron chi connectivity index (χ2n) is 5.31. The van der Waals surface area contributed by atoms with Gasteiger partial charge in [0.1, 0.15) is 5.82 Å². The molecule has 0 saturated carbocycles. The van der Waals surface area contributed by atoms with Crippen LogP contribution in [0.5, 0.6) is 0 Å². The van der Waals surface area contributed by atoms with Gasteiger partial charge in [0.15, 0.2) is 0 Å². The fraction of sp³-hybridized carbons (Fsp3) is 0.0556. The number of carbonyl (C=O) groups excluding carboxylic acids is 1. The number of halogens is 1. The van der Waals surface area contributed by atoms with Crippen LogP contribution in [-0.4, -0.2) is 22.0 Å². The van der Waals surface area contributed by atoms with Crippen molar-refractivity contribution < 1.29 is 19.1 Å². The van der Waals surface area contributed by atoms with Crippen LogP contribution in [0.3, 0.4) is 0 Å². The van der Waals surface area contributed by atoms with E-state index in [4.69, 9.17) is 5.11 Å². The number of aromatic carboxylic acids is 1. The smallest absolute Gasteiger partial charge is 0.335 e. The first-order chi connectivity index (χ1) is 11.4. The first-order valence-corrected chi connectivity index (χ1v) is 7.15. The molecule has 0 unspecified atom stereocenters. The summed E-state index contributed by atoms with van der Waals surface area (Å²) in [7, 11) is 0. The lowest BCUT2D eigenvalue weighted by Gasteiger charge is -2.09. The van der Waals surface area contributed by atoms with Crippen molar-refractivity contribution in [1.29, 1.82) is 0 Å². The summed E-state index contributed by atoms with van der Waals surface area (Å²) in [4.78, 5) is 27.7. The van der Waals surface area contributed by atoms with Crippen molar-refractivity contribution in [2.24, 2.45) is 0 Å². The van der Waals surface area contributed by atoms with Gasteiger partial charge in [0.05, 0.1) is 16.6 Å². The van der Waals surface area contributed by atoms with Crippen LogP contribution >= 0.6 is 0 Å². The molecule has 3 rings (SSSR count). The van der Waals surface area contributed by atoms with Crippen LogP contribution in [-0.2, 0) is 0 Å². The number of hydrogen-bond acceptors (Lipinski definition) is 3. The Bertz CT molecular complexity index is 952. The van der Waals surface area contributed by atoms with Gasteiger partial charge in [0.25, 0.3) is 5.91 Å². The Morgan fingerprint density at radius 3 is 2.46 bits per heavy atom. The highest BCUT2D eigenvalue weighted by molar-refractivity contribution is 6.12. The van der Waals surface area contributed by atoms with Crippen LogP contribution in [0.2, 0.25) is 0 Å². The Morgan fingerprint density at radius 2 is 1.79 bits per heavy atom. The zero-order chi connectivity index (χ0) is 17.3. The zero-order valence-corrected chi connectivity index (χ0v) is 12.7. The molecule has 0 atom stereocenters. The van der Waals surface area contributed by atoms with Crippen LogP contribution < -0.4 is 5.32 Å². The molecule has 0 saturated heterocycles. The summed E-state index contributed by atoms with van der Waals surface area (Å²) in [5.74, 6) is -1.91.